The second-order valence-corrected chi connectivity index (χ2v) is 3.72. The van der Waals surface area contributed by atoms with Gasteiger partial charge in [-0.3, -0.25) is 4.79 Å². The van der Waals surface area contributed by atoms with Crippen LogP contribution in [-0.4, -0.2) is 42.6 Å². The van der Waals surface area contributed by atoms with Gasteiger partial charge in [0.2, 0.25) is 6.29 Å². The van der Waals surface area contributed by atoms with Crippen LogP contribution in [0.15, 0.2) is 0 Å². The minimum absolute atomic E-state index is 0.110. The summed E-state index contributed by atoms with van der Waals surface area (Å²) in [4.78, 5) is 10.3. The highest BCUT2D eigenvalue weighted by Gasteiger charge is 2.22. The predicted octanol–water partition coefficient (Wildman–Crippen LogP) is 0.0441. The van der Waals surface area contributed by atoms with Gasteiger partial charge in [0.25, 0.3) is 0 Å². The Hall–Kier alpha value is -0.0600. The smallest absolute Gasteiger partial charge is 0.219 e. The van der Waals surface area contributed by atoms with Crippen LogP contribution in [-0.2, 0) is 4.79 Å². The van der Waals surface area contributed by atoms with Crippen LogP contribution in [0, 0.1) is 5.92 Å². The summed E-state index contributed by atoms with van der Waals surface area (Å²) < 4.78 is 0. The lowest BCUT2D eigenvalue weighted by atomic mass is 10.0. The van der Waals surface area contributed by atoms with Gasteiger partial charge in [-0.05, 0) is 25.0 Å². The molecule has 0 amide bonds. The van der Waals surface area contributed by atoms with Crippen LogP contribution in [0.5, 0.6) is 0 Å². The molecule has 0 heterocycles. The van der Waals surface area contributed by atoms with Crippen LogP contribution < -0.4 is 5.32 Å². The van der Waals surface area contributed by atoms with Gasteiger partial charge >= 0.3 is 0 Å². The third-order valence-electron chi connectivity index (χ3n) is 1.79. The van der Waals surface area contributed by atoms with E-state index in [1.165, 1.54) is 0 Å². The van der Waals surface area contributed by atoms with Gasteiger partial charge < -0.3 is 10.4 Å². The molecule has 0 rings (SSSR count). The van der Waals surface area contributed by atoms with Gasteiger partial charge in [-0.25, -0.2) is 0 Å². The third-order valence-corrected chi connectivity index (χ3v) is 2.65. The number of hydrogen-bond acceptors (Lipinski definition) is 4. The van der Waals surface area contributed by atoms with Crippen LogP contribution in [0.3, 0.4) is 0 Å². The van der Waals surface area contributed by atoms with Crippen molar-refractivity contribution in [1.82, 2.24) is 5.32 Å². The molecule has 3 nitrogen and oxygen atoms in total. The first-order chi connectivity index (χ1) is 5.67. The molecule has 0 aromatic heterocycles. The van der Waals surface area contributed by atoms with E-state index in [1.807, 2.05) is 13.2 Å². The maximum Gasteiger partial charge on any atom is 0.219 e. The molecule has 0 fully saturated rings. The highest BCUT2D eigenvalue weighted by molar-refractivity contribution is 7.98. The molecule has 0 aliphatic carbocycles. The molecule has 2 N–H and O–H groups in total. The van der Waals surface area contributed by atoms with Crippen molar-refractivity contribution >= 4 is 18.0 Å². The number of carbonyl (C=O) groups excluding carboxylic acids is 1. The molecular weight excluding hydrogens is 174 g/mol. The summed E-state index contributed by atoms with van der Waals surface area (Å²) in [6, 6.07) is -0.563. The predicted molar refractivity (Wildman–Crippen MR) is 52.1 cm³/mol. The van der Waals surface area contributed by atoms with Crippen molar-refractivity contribution in [2.45, 2.75) is 19.1 Å². The Balaban J connectivity index is 3.95. The second kappa shape index (κ2) is 6.46. The van der Waals surface area contributed by atoms with Gasteiger partial charge in [0.05, 0.1) is 6.10 Å². The molecule has 0 aliphatic heterocycles. The number of aliphatic hydroxyl groups is 1. The van der Waals surface area contributed by atoms with Crippen molar-refractivity contribution < 1.29 is 9.90 Å². The normalized spacial score (nSPS) is 18.3. The lowest BCUT2D eigenvalue weighted by Crippen LogP contribution is -2.43. The summed E-state index contributed by atoms with van der Waals surface area (Å²) in [5.41, 5.74) is 0. The van der Waals surface area contributed by atoms with Gasteiger partial charge in [0.1, 0.15) is 6.04 Å². The average Bonchev–Trinajstić information content (AvgIpc) is 2.07. The van der Waals surface area contributed by atoms with Gasteiger partial charge in [-0.1, -0.05) is 6.92 Å². The molecule has 0 bridgehead atoms. The zero-order valence-electron chi connectivity index (χ0n) is 7.70. The molecule has 0 aromatic carbocycles. The molecule has 12 heavy (non-hydrogen) atoms. The highest BCUT2D eigenvalue weighted by atomic mass is 32.2. The fraction of sp³-hybridized carbons (Fsp3) is 0.875. The van der Waals surface area contributed by atoms with E-state index in [1.54, 1.807) is 25.1 Å². The zero-order chi connectivity index (χ0) is 9.56. The summed E-state index contributed by atoms with van der Waals surface area (Å²) in [5.74, 6) is 0.958. The first-order valence-corrected chi connectivity index (χ1v) is 5.28. The van der Waals surface area contributed by atoms with Crippen molar-refractivity contribution in [2.24, 2.45) is 5.92 Å². The van der Waals surface area contributed by atoms with Crippen molar-refractivity contribution in [3.8, 4) is 0 Å². The molecule has 1 radical (unpaired) electrons. The SMILES string of the molecule is CN[C@H]([C]=O)[C@H](O)[C@H](C)CSC. The highest BCUT2D eigenvalue weighted by Crippen LogP contribution is 2.11. The van der Waals surface area contributed by atoms with E-state index in [9.17, 15) is 9.90 Å². The van der Waals surface area contributed by atoms with E-state index in [-0.39, 0.29) is 5.92 Å². The van der Waals surface area contributed by atoms with E-state index < -0.39 is 12.1 Å². The van der Waals surface area contributed by atoms with Crippen molar-refractivity contribution in [1.29, 1.82) is 0 Å². The molecule has 0 saturated carbocycles. The van der Waals surface area contributed by atoms with Crippen LogP contribution in [0.2, 0.25) is 0 Å². The van der Waals surface area contributed by atoms with E-state index in [4.69, 9.17) is 0 Å². The molecular formula is C8H16NO2S. The van der Waals surface area contributed by atoms with Crippen LogP contribution in [0.25, 0.3) is 0 Å². The van der Waals surface area contributed by atoms with Crippen molar-refractivity contribution in [3.63, 3.8) is 0 Å². The summed E-state index contributed by atoms with van der Waals surface area (Å²) in [6.07, 6.45) is 3.11. The Kier molecular flexibility index (Phi) is 6.42. The minimum atomic E-state index is -0.639. The Bertz CT molecular complexity index is 132. The van der Waals surface area contributed by atoms with Gasteiger partial charge in [-0.15, -0.1) is 0 Å². The average molecular weight is 190 g/mol. The molecule has 0 aliphatic rings. The fourth-order valence-corrected chi connectivity index (χ4v) is 1.71. The summed E-state index contributed by atoms with van der Waals surface area (Å²) >= 11 is 1.66. The quantitative estimate of drug-likeness (QED) is 0.621. The number of nitrogens with one attached hydrogen (secondary N) is 1. The van der Waals surface area contributed by atoms with Crippen molar-refractivity contribution in [3.05, 3.63) is 0 Å². The Morgan fingerprint density at radius 3 is 2.58 bits per heavy atom. The molecule has 0 aromatic rings. The lowest BCUT2D eigenvalue weighted by molar-refractivity contribution is 0.109. The van der Waals surface area contributed by atoms with E-state index in [2.05, 4.69) is 5.32 Å². The van der Waals surface area contributed by atoms with E-state index in [0.717, 1.165) is 5.75 Å². The first-order valence-electron chi connectivity index (χ1n) is 3.89. The number of thioether (sulfide) groups is 1. The molecule has 0 saturated heterocycles. The van der Waals surface area contributed by atoms with Gasteiger partial charge in [0.15, 0.2) is 0 Å². The summed E-state index contributed by atoms with van der Waals surface area (Å²) in [6.45, 7) is 1.92. The Labute approximate surface area is 77.9 Å². The second-order valence-electron chi connectivity index (χ2n) is 2.81. The minimum Gasteiger partial charge on any atom is -0.391 e. The standard InChI is InChI=1S/C8H16NO2S/c1-6(5-12-3)8(11)7(4-10)9-2/h6-9,11H,5H2,1-3H3/t6-,7-,8-/m1/s1. The van der Waals surface area contributed by atoms with Crippen LogP contribution in [0.4, 0.5) is 0 Å². The van der Waals surface area contributed by atoms with Gasteiger partial charge in [-0.2, -0.15) is 11.8 Å². The summed E-state index contributed by atoms with van der Waals surface area (Å²) in [5, 5.41) is 12.3. The fourth-order valence-electron chi connectivity index (χ4n) is 0.989. The lowest BCUT2D eigenvalue weighted by Gasteiger charge is -2.22. The van der Waals surface area contributed by atoms with E-state index in [0.29, 0.717) is 0 Å². The van der Waals surface area contributed by atoms with Crippen LogP contribution >= 0.6 is 11.8 Å². The number of hydrogen-bond donors (Lipinski definition) is 2. The van der Waals surface area contributed by atoms with E-state index >= 15 is 0 Å². The third kappa shape index (κ3) is 3.56. The topological polar surface area (TPSA) is 49.3 Å². The Morgan fingerprint density at radius 1 is 1.67 bits per heavy atom. The number of rotatable bonds is 6. The molecule has 0 spiro atoms. The zero-order valence-corrected chi connectivity index (χ0v) is 8.52. The van der Waals surface area contributed by atoms with Gasteiger partial charge in [0, 0.05) is 0 Å². The first kappa shape index (κ1) is 11.9. The molecule has 4 heteroatoms. The number of likely N-dealkylation sites (N-methyl/N-ethyl adjacent to an activating group) is 1. The van der Waals surface area contributed by atoms with Crippen molar-refractivity contribution in [2.75, 3.05) is 19.1 Å². The number of aliphatic hydroxyl groups excluding tert-OH is 1. The van der Waals surface area contributed by atoms with Crippen LogP contribution in [0.1, 0.15) is 6.92 Å². The summed E-state index contributed by atoms with van der Waals surface area (Å²) in [7, 11) is 1.64. The monoisotopic (exact) mass is 190 g/mol. The largest absolute Gasteiger partial charge is 0.391 e. The maximum absolute atomic E-state index is 10.3. The maximum atomic E-state index is 10.3. The molecule has 3 atom stereocenters. The molecule has 0 unspecified atom stereocenters. The Morgan fingerprint density at radius 2 is 2.25 bits per heavy atom. The molecule has 71 valence electrons.